The van der Waals surface area contributed by atoms with Crippen LogP contribution in [0.5, 0.6) is 0 Å². The van der Waals surface area contributed by atoms with E-state index in [9.17, 15) is 14.4 Å². The molecule has 30 heavy (non-hydrogen) atoms. The van der Waals surface area contributed by atoms with Gasteiger partial charge in [0.1, 0.15) is 0 Å². The predicted octanol–water partition coefficient (Wildman–Crippen LogP) is 4.54. The maximum absolute atomic E-state index is 12.2. The maximum atomic E-state index is 12.2. The summed E-state index contributed by atoms with van der Waals surface area (Å²) >= 11 is 1.37. The first-order valence-corrected chi connectivity index (χ1v) is 10.1. The van der Waals surface area contributed by atoms with Crippen LogP contribution in [-0.4, -0.2) is 24.8 Å². The van der Waals surface area contributed by atoms with Crippen molar-refractivity contribution < 1.29 is 19.1 Å². The van der Waals surface area contributed by atoms with Crippen LogP contribution >= 0.6 is 11.3 Å². The van der Waals surface area contributed by atoms with Crippen molar-refractivity contribution in [3.63, 3.8) is 0 Å². The highest BCUT2D eigenvalue weighted by atomic mass is 32.1. The smallest absolute Gasteiger partial charge is 0.337 e. The van der Waals surface area contributed by atoms with Crippen molar-refractivity contribution in [1.82, 2.24) is 0 Å². The molecule has 3 aromatic rings. The summed E-state index contributed by atoms with van der Waals surface area (Å²) in [6.45, 7) is 0. The van der Waals surface area contributed by atoms with Crippen LogP contribution in [0, 0.1) is 11.8 Å². The van der Waals surface area contributed by atoms with E-state index in [1.165, 1.54) is 18.4 Å². The summed E-state index contributed by atoms with van der Waals surface area (Å²) < 4.78 is 4.71. The molecule has 1 amide bonds. The van der Waals surface area contributed by atoms with Gasteiger partial charge in [0.15, 0.2) is 5.78 Å². The zero-order valence-corrected chi connectivity index (χ0v) is 17.1. The first-order chi connectivity index (χ1) is 14.5. The van der Waals surface area contributed by atoms with Gasteiger partial charge in [-0.15, -0.1) is 11.3 Å². The average Bonchev–Trinajstić information content (AvgIpc) is 3.31. The highest BCUT2D eigenvalue weighted by molar-refractivity contribution is 7.12. The van der Waals surface area contributed by atoms with Gasteiger partial charge in [0, 0.05) is 29.7 Å². The quantitative estimate of drug-likeness (QED) is 0.363. The molecule has 0 aliphatic rings. The van der Waals surface area contributed by atoms with Gasteiger partial charge in [-0.05, 0) is 47.8 Å². The second-order valence-corrected chi connectivity index (χ2v) is 7.30. The van der Waals surface area contributed by atoms with Gasteiger partial charge in [0.25, 0.3) is 0 Å². The molecule has 0 spiro atoms. The van der Waals surface area contributed by atoms with E-state index in [-0.39, 0.29) is 24.5 Å². The summed E-state index contributed by atoms with van der Waals surface area (Å²) in [5, 5.41) is 4.63. The van der Waals surface area contributed by atoms with E-state index in [2.05, 4.69) is 17.2 Å². The van der Waals surface area contributed by atoms with Crippen LogP contribution in [0.25, 0.3) is 0 Å². The molecule has 150 valence electrons. The van der Waals surface area contributed by atoms with Crippen molar-refractivity contribution in [2.24, 2.45) is 0 Å². The number of carbonyl (C=O) groups excluding carboxylic acids is 3. The van der Waals surface area contributed by atoms with Crippen molar-refractivity contribution in [3.8, 4) is 11.8 Å². The molecule has 1 heterocycles. The number of benzene rings is 2. The van der Waals surface area contributed by atoms with Crippen molar-refractivity contribution >= 4 is 34.7 Å². The van der Waals surface area contributed by atoms with Crippen LogP contribution in [0.3, 0.4) is 0 Å². The minimum absolute atomic E-state index is 0.0334. The van der Waals surface area contributed by atoms with E-state index in [1.54, 1.807) is 48.5 Å². The van der Waals surface area contributed by atoms with Crippen LogP contribution in [-0.2, 0) is 9.53 Å². The molecule has 0 aliphatic heterocycles. The molecule has 0 aliphatic carbocycles. The minimum atomic E-state index is -0.416. The number of amides is 1. The zero-order valence-electron chi connectivity index (χ0n) is 16.3. The fourth-order valence-electron chi connectivity index (χ4n) is 2.67. The molecule has 0 saturated heterocycles. The van der Waals surface area contributed by atoms with Crippen molar-refractivity contribution in [2.75, 3.05) is 12.4 Å². The molecule has 0 radical (unpaired) electrons. The fraction of sp³-hybridized carbons (Fsp3) is 0.125. The van der Waals surface area contributed by atoms with E-state index < -0.39 is 5.97 Å². The highest BCUT2D eigenvalue weighted by Crippen LogP contribution is 2.14. The number of esters is 1. The molecule has 0 bridgehead atoms. The Kier molecular flexibility index (Phi) is 7.14. The Labute approximate surface area is 178 Å². The topological polar surface area (TPSA) is 72.5 Å². The summed E-state index contributed by atoms with van der Waals surface area (Å²) in [6, 6.07) is 17.6. The van der Waals surface area contributed by atoms with Gasteiger partial charge in [0.05, 0.1) is 17.6 Å². The van der Waals surface area contributed by atoms with Crippen molar-refractivity contribution in [3.05, 3.63) is 87.6 Å². The number of Topliss-reactive ketones (excluding diaryl/α,β-unsaturated/α-hetero) is 1. The third-order valence-electron chi connectivity index (χ3n) is 4.16. The molecule has 5 nitrogen and oxygen atoms in total. The maximum Gasteiger partial charge on any atom is 0.337 e. The first kappa shape index (κ1) is 21.0. The summed E-state index contributed by atoms with van der Waals surface area (Å²) in [6.07, 6.45) is 0.287. The number of ketones is 1. The highest BCUT2D eigenvalue weighted by Gasteiger charge is 2.10. The normalized spacial score (nSPS) is 9.90. The first-order valence-electron chi connectivity index (χ1n) is 9.22. The van der Waals surface area contributed by atoms with Crippen LogP contribution in [0.2, 0.25) is 0 Å². The largest absolute Gasteiger partial charge is 0.465 e. The van der Waals surface area contributed by atoms with Crippen molar-refractivity contribution in [1.29, 1.82) is 0 Å². The van der Waals surface area contributed by atoms with Gasteiger partial charge < -0.3 is 10.1 Å². The lowest BCUT2D eigenvalue weighted by Gasteiger charge is -2.05. The molecule has 3 rings (SSSR count). The van der Waals surface area contributed by atoms with Crippen LogP contribution in [0.15, 0.2) is 66.0 Å². The molecule has 6 heteroatoms. The van der Waals surface area contributed by atoms with Gasteiger partial charge in [-0.25, -0.2) is 4.79 Å². The van der Waals surface area contributed by atoms with Gasteiger partial charge in [-0.2, -0.15) is 0 Å². The monoisotopic (exact) mass is 417 g/mol. The Morgan fingerprint density at radius 1 is 0.933 bits per heavy atom. The number of methoxy groups -OCH3 is 1. The summed E-state index contributed by atoms with van der Waals surface area (Å²) in [4.78, 5) is 36.5. The zero-order chi connectivity index (χ0) is 21.3. The molecular weight excluding hydrogens is 398 g/mol. The van der Waals surface area contributed by atoms with Gasteiger partial charge in [-0.1, -0.05) is 30.0 Å². The Morgan fingerprint density at radius 3 is 2.37 bits per heavy atom. The van der Waals surface area contributed by atoms with Gasteiger partial charge >= 0.3 is 5.97 Å². The molecule has 0 saturated carbocycles. The molecule has 1 aromatic heterocycles. The average molecular weight is 417 g/mol. The van der Waals surface area contributed by atoms with Crippen LogP contribution < -0.4 is 5.32 Å². The Balaban J connectivity index is 1.61. The van der Waals surface area contributed by atoms with Crippen molar-refractivity contribution in [2.45, 2.75) is 12.8 Å². The molecule has 0 atom stereocenters. The standard InChI is InChI=1S/C24H19NO4S/c1-29-24(28)19-7-2-5-17(15-19)10-11-18-6-3-8-20(16-18)25-23(27)13-12-21(26)22-9-4-14-30-22/h2-9,14-16H,12-13H2,1H3,(H,25,27). The van der Waals surface area contributed by atoms with E-state index in [0.29, 0.717) is 27.3 Å². The van der Waals surface area contributed by atoms with E-state index in [1.807, 2.05) is 17.5 Å². The molecular formula is C24H19NO4S. The number of ether oxygens (including phenoxy) is 1. The van der Waals surface area contributed by atoms with Gasteiger partial charge in [0.2, 0.25) is 5.91 Å². The Bertz CT molecular complexity index is 1120. The lowest BCUT2D eigenvalue weighted by Crippen LogP contribution is -2.13. The summed E-state index contributed by atoms with van der Waals surface area (Å²) in [7, 11) is 1.33. The fourth-order valence-corrected chi connectivity index (χ4v) is 3.37. The van der Waals surface area contributed by atoms with Crippen LogP contribution in [0.1, 0.15) is 44.0 Å². The molecule has 2 aromatic carbocycles. The van der Waals surface area contributed by atoms with E-state index >= 15 is 0 Å². The number of hydrogen-bond acceptors (Lipinski definition) is 5. The van der Waals surface area contributed by atoms with E-state index in [4.69, 9.17) is 4.74 Å². The SMILES string of the molecule is COC(=O)c1cccc(C#Cc2cccc(NC(=O)CCC(=O)c3cccs3)c2)c1. The molecule has 0 unspecified atom stereocenters. The van der Waals surface area contributed by atoms with Crippen LogP contribution in [0.4, 0.5) is 5.69 Å². The summed E-state index contributed by atoms with van der Waals surface area (Å²) in [5.41, 5.74) is 2.44. The lowest BCUT2D eigenvalue weighted by molar-refractivity contribution is -0.116. The minimum Gasteiger partial charge on any atom is -0.465 e. The number of thiophene rings is 1. The number of anilines is 1. The second kappa shape index (κ2) is 10.2. The number of rotatable bonds is 6. The third-order valence-corrected chi connectivity index (χ3v) is 5.07. The third kappa shape index (κ3) is 5.90. The second-order valence-electron chi connectivity index (χ2n) is 6.35. The Hall–Kier alpha value is -3.69. The number of nitrogens with one attached hydrogen (secondary N) is 1. The molecule has 1 N–H and O–H groups in total. The van der Waals surface area contributed by atoms with Gasteiger partial charge in [-0.3, -0.25) is 9.59 Å². The summed E-state index contributed by atoms with van der Waals surface area (Å²) in [5.74, 6) is 5.35. The molecule has 0 fully saturated rings. The lowest BCUT2D eigenvalue weighted by atomic mass is 10.1. The van der Waals surface area contributed by atoms with E-state index in [0.717, 1.165) is 0 Å². The number of hydrogen-bond donors (Lipinski definition) is 1. The Morgan fingerprint density at radius 2 is 1.67 bits per heavy atom. The number of carbonyl (C=O) groups is 3. The predicted molar refractivity (Wildman–Crippen MR) is 117 cm³/mol.